The van der Waals surface area contributed by atoms with Gasteiger partial charge in [-0.15, -0.1) is 11.3 Å². The maximum Gasteiger partial charge on any atom is 0.268 e. The molecule has 2 saturated carbocycles. The third-order valence-corrected chi connectivity index (χ3v) is 10.9. The molecule has 10 heteroatoms. The largest absolute Gasteiger partial charge is 0.464 e. The van der Waals surface area contributed by atoms with E-state index in [2.05, 4.69) is 16.5 Å². The number of benzene rings is 1. The number of nitrogens with one attached hydrogen (secondary N) is 1. The fraction of sp³-hybridized carbons (Fsp3) is 0.412. The quantitative estimate of drug-likeness (QED) is 0.229. The first-order valence-electron chi connectivity index (χ1n) is 15.5. The summed E-state index contributed by atoms with van der Waals surface area (Å²) in [6, 6.07) is 13.5. The first-order chi connectivity index (χ1) is 21.3. The molecule has 4 heterocycles. The lowest BCUT2D eigenvalue weighted by Gasteiger charge is -2.46. The number of carbonyl (C=O) groups is 3. The smallest absolute Gasteiger partial charge is 0.268 e. The molecule has 3 amide bonds. The van der Waals surface area contributed by atoms with Crippen LogP contribution in [0.2, 0.25) is 0 Å². The van der Waals surface area contributed by atoms with Crippen molar-refractivity contribution in [1.82, 2.24) is 14.5 Å². The number of fused-ring (bicyclic) bond motifs is 1. The van der Waals surface area contributed by atoms with Crippen molar-refractivity contribution in [3.8, 4) is 10.6 Å². The van der Waals surface area contributed by atoms with E-state index in [1.807, 2.05) is 48.3 Å². The Kier molecular flexibility index (Phi) is 7.40. The zero-order valence-corrected chi connectivity index (χ0v) is 25.8. The van der Waals surface area contributed by atoms with Crippen molar-refractivity contribution in [2.45, 2.75) is 57.4 Å². The Balaban J connectivity index is 1.17. The van der Waals surface area contributed by atoms with Crippen LogP contribution in [-0.2, 0) is 9.59 Å². The number of nitrogens with zero attached hydrogens (tertiary/aromatic N) is 4. The molecule has 44 heavy (non-hydrogen) atoms. The predicted molar refractivity (Wildman–Crippen MR) is 172 cm³/mol. The van der Waals surface area contributed by atoms with Crippen LogP contribution >= 0.6 is 11.3 Å². The molecule has 1 aliphatic heterocycles. The monoisotopic (exact) mass is 611 g/mol. The lowest BCUT2D eigenvalue weighted by molar-refractivity contribution is -0.126. The summed E-state index contributed by atoms with van der Waals surface area (Å²) < 4.78 is 7.65. The van der Waals surface area contributed by atoms with Crippen molar-refractivity contribution in [3.63, 3.8) is 0 Å². The van der Waals surface area contributed by atoms with Crippen molar-refractivity contribution < 1.29 is 18.8 Å². The Morgan fingerprint density at radius 3 is 2.70 bits per heavy atom. The summed E-state index contributed by atoms with van der Waals surface area (Å²) in [7, 11) is 1.84. The fourth-order valence-electron chi connectivity index (χ4n) is 7.39. The summed E-state index contributed by atoms with van der Waals surface area (Å²) >= 11 is 1.37. The first-order valence-corrected chi connectivity index (χ1v) is 16.3. The predicted octanol–water partition coefficient (Wildman–Crippen LogP) is 6.89. The third-order valence-electron chi connectivity index (χ3n) is 9.79. The van der Waals surface area contributed by atoms with Crippen molar-refractivity contribution in [2.24, 2.45) is 11.3 Å². The number of carbonyl (C=O) groups excluding carboxylic acids is 3. The van der Waals surface area contributed by atoms with E-state index in [1.54, 1.807) is 17.2 Å². The standard InChI is InChI=1S/C34H37N5O4S/c1-3-30(40)38-16-15-34(21-38)19-24(20-34)39-26-12-11-23(37(2)32(42)22-8-5-4-6-9-22)18-25(26)35-33(39)36-31(41)29-14-13-28(44-29)27-10-7-17-43-27/h3,7,10-14,17-18,22,24H,1,4-6,8-9,15-16,19-21H2,2H3,(H,35,36,41). The van der Waals surface area contributed by atoms with Crippen molar-refractivity contribution >= 4 is 51.7 Å². The van der Waals surface area contributed by atoms with Gasteiger partial charge in [0, 0.05) is 37.8 Å². The maximum absolute atomic E-state index is 13.5. The third kappa shape index (κ3) is 5.15. The van der Waals surface area contributed by atoms with Crippen LogP contribution in [0.4, 0.5) is 11.6 Å². The van der Waals surface area contributed by atoms with Gasteiger partial charge in [0.2, 0.25) is 17.8 Å². The molecule has 1 spiro atoms. The summed E-state index contributed by atoms with van der Waals surface area (Å²) in [5.41, 5.74) is 2.53. The van der Waals surface area contributed by atoms with Crippen LogP contribution in [0.5, 0.6) is 0 Å². The Hall–Kier alpha value is -4.18. The lowest BCUT2D eigenvalue weighted by Crippen LogP contribution is -2.42. The van der Waals surface area contributed by atoms with E-state index >= 15 is 0 Å². The molecule has 0 unspecified atom stereocenters. The average Bonchev–Trinajstić information content (AvgIpc) is 3.85. The molecule has 0 radical (unpaired) electrons. The molecule has 1 aromatic carbocycles. The minimum atomic E-state index is -0.230. The lowest BCUT2D eigenvalue weighted by atomic mass is 9.65. The fourth-order valence-corrected chi connectivity index (χ4v) is 8.26. The maximum atomic E-state index is 13.5. The number of likely N-dealkylation sites (tertiary alicyclic amines) is 1. The molecule has 1 N–H and O–H groups in total. The zero-order valence-electron chi connectivity index (χ0n) is 25.0. The number of thiophene rings is 1. The van der Waals surface area contributed by atoms with Gasteiger partial charge in [0.25, 0.3) is 5.91 Å². The van der Waals surface area contributed by atoms with Crippen LogP contribution < -0.4 is 10.2 Å². The number of imidazole rings is 1. The summed E-state index contributed by atoms with van der Waals surface area (Å²) in [4.78, 5) is 49.1. The number of aromatic nitrogens is 2. The molecule has 2 aliphatic carbocycles. The molecule has 228 valence electrons. The molecular weight excluding hydrogens is 574 g/mol. The Morgan fingerprint density at radius 2 is 1.95 bits per heavy atom. The molecule has 3 aliphatic rings. The van der Waals surface area contributed by atoms with E-state index < -0.39 is 0 Å². The van der Waals surface area contributed by atoms with Gasteiger partial charge in [-0.3, -0.25) is 19.7 Å². The molecule has 7 rings (SSSR count). The van der Waals surface area contributed by atoms with Gasteiger partial charge in [0.05, 0.1) is 27.1 Å². The van der Waals surface area contributed by atoms with Gasteiger partial charge in [0.15, 0.2) is 0 Å². The number of hydrogen-bond acceptors (Lipinski definition) is 6. The van der Waals surface area contributed by atoms with Gasteiger partial charge in [-0.2, -0.15) is 0 Å². The van der Waals surface area contributed by atoms with Crippen molar-refractivity contribution in [2.75, 3.05) is 30.4 Å². The number of furan rings is 1. The average molecular weight is 612 g/mol. The highest BCUT2D eigenvalue weighted by Crippen LogP contribution is 2.55. The topological polar surface area (TPSA) is 101 Å². The van der Waals surface area contributed by atoms with E-state index in [-0.39, 0.29) is 35.1 Å². The van der Waals surface area contributed by atoms with Gasteiger partial charge in [0.1, 0.15) is 5.76 Å². The summed E-state index contributed by atoms with van der Waals surface area (Å²) in [6.45, 7) is 5.12. The van der Waals surface area contributed by atoms with Gasteiger partial charge in [-0.25, -0.2) is 4.98 Å². The Bertz CT molecular complexity index is 1730. The molecule has 0 bridgehead atoms. The van der Waals surface area contributed by atoms with E-state index in [4.69, 9.17) is 9.40 Å². The second-order valence-electron chi connectivity index (χ2n) is 12.6. The molecule has 4 aromatic rings. The summed E-state index contributed by atoms with van der Waals surface area (Å²) in [6.07, 6.45) is 11.1. The molecular formula is C34H37N5O4S. The SMILES string of the molecule is C=CC(=O)N1CCC2(CC(n3c(NC(=O)c4ccc(-c5ccco5)s4)nc4cc(N(C)C(=O)C5CCCCC5)ccc43)C2)C1. The van der Waals surface area contributed by atoms with E-state index in [0.717, 1.165) is 85.4 Å². The molecule has 3 aromatic heterocycles. The minimum Gasteiger partial charge on any atom is -0.464 e. The van der Waals surface area contributed by atoms with Gasteiger partial charge in [-0.05, 0) is 86.1 Å². The van der Waals surface area contributed by atoms with E-state index in [0.29, 0.717) is 10.8 Å². The highest BCUT2D eigenvalue weighted by atomic mass is 32.1. The number of hydrogen-bond donors (Lipinski definition) is 1. The molecule has 1 saturated heterocycles. The van der Waals surface area contributed by atoms with Gasteiger partial charge in [-0.1, -0.05) is 25.8 Å². The van der Waals surface area contributed by atoms with Crippen molar-refractivity contribution in [1.29, 1.82) is 0 Å². The molecule has 0 atom stereocenters. The highest BCUT2D eigenvalue weighted by Gasteiger charge is 2.50. The van der Waals surface area contributed by atoms with Crippen LogP contribution in [0.1, 0.15) is 67.1 Å². The van der Waals surface area contributed by atoms with E-state index in [9.17, 15) is 14.4 Å². The minimum absolute atomic E-state index is 0.0179. The van der Waals surface area contributed by atoms with Crippen LogP contribution in [0.3, 0.4) is 0 Å². The summed E-state index contributed by atoms with van der Waals surface area (Å²) in [5, 5.41) is 3.10. The zero-order chi connectivity index (χ0) is 30.4. The van der Waals surface area contributed by atoms with Crippen LogP contribution in [0.25, 0.3) is 21.7 Å². The second kappa shape index (κ2) is 11.4. The highest BCUT2D eigenvalue weighted by molar-refractivity contribution is 7.17. The second-order valence-corrected chi connectivity index (χ2v) is 13.7. The Morgan fingerprint density at radius 1 is 1.14 bits per heavy atom. The van der Waals surface area contributed by atoms with Crippen LogP contribution in [0.15, 0.2) is 65.8 Å². The van der Waals surface area contributed by atoms with Crippen LogP contribution in [0, 0.1) is 11.3 Å². The van der Waals surface area contributed by atoms with Crippen molar-refractivity contribution in [3.05, 3.63) is 66.3 Å². The number of amides is 3. The van der Waals surface area contributed by atoms with E-state index in [1.165, 1.54) is 23.8 Å². The molecule has 3 fully saturated rings. The number of rotatable bonds is 7. The first kappa shape index (κ1) is 28.6. The van der Waals surface area contributed by atoms with Gasteiger partial charge < -0.3 is 18.8 Å². The van der Waals surface area contributed by atoms with Gasteiger partial charge >= 0.3 is 0 Å². The number of anilines is 2. The molecule has 9 nitrogen and oxygen atoms in total. The summed E-state index contributed by atoms with van der Waals surface area (Å²) in [5.74, 6) is 1.19. The Labute approximate surface area is 260 Å². The van der Waals surface area contributed by atoms with Crippen LogP contribution in [-0.4, -0.2) is 52.3 Å². The normalized spacial score (nSPS) is 21.8.